The van der Waals surface area contributed by atoms with Gasteiger partial charge in [0, 0.05) is 37.7 Å². The molecule has 18 heavy (non-hydrogen) atoms. The molecule has 0 spiro atoms. The minimum absolute atomic E-state index is 0.412. The van der Waals surface area contributed by atoms with Gasteiger partial charge in [-0.3, -0.25) is 4.99 Å². The van der Waals surface area contributed by atoms with E-state index in [0.29, 0.717) is 19.2 Å². The summed E-state index contributed by atoms with van der Waals surface area (Å²) in [4.78, 5) is 4.53. The van der Waals surface area contributed by atoms with Crippen LogP contribution in [0.1, 0.15) is 12.5 Å². The highest BCUT2D eigenvalue weighted by molar-refractivity contribution is 6.19. The topological polar surface area (TPSA) is 77.5 Å². The Labute approximate surface area is 107 Å². The van der Waals surface area contributed by atoms with Gasteiger partial charge in [-0.05, 0) is 6.92 Å². The fraction of sp³-hybridized carbons (Fsp3) is 0.500. The zero-order chi connectivity index (χ0) is 13.0. The SMILES string of the molecule is COCc1cnn(C(=CN)C2=NC[C@H](C)NC2)c1. The van der Waals surface area contributed by atoms with Crippen LogP contribution in [-0.2, 0) is 11.3 Å². The van der Waals surface area contributed by atoms with Crippen LogP contribution < -0.4 is 11.1 Å². The van der Waals surface area contributed by atoms with Crippen molar-refractivity contribution in [3.8, 4) is 0 Å². The maximum Gasteiger partial charge on any atom is 0.102 e. The van der Waals surface area contributed by atoms with Gasteiger partial charge in [0.25, 0.3) is 0 Å². The fourth-order valence-corrected chi connectivity index (χ4v) is 1.85. The number of ether oxygens (including phenoxy) is 1. The monoisotopic (exact) mass is 249 g/mol. The molecule has 6 nitrogen and oxygen atoms in total. The third-order valence-corrected chi connectivity index (χ3v) is 2.82. The molecule has 0 saturated heterocycles. The molecule has 2 rings (SSSR count). The molecule has 0 aliphatic carbocycles. The summed E-state index contributed by atoms with van der Waals surface area (Å²) >= 11 is 0. The molecule has 1 aliphatic rings. The van der Waals surface area contributed by atoms with E-state index in [0.717, 1.165) is 23.5 Å². The van der Waals surface area contributed by atoms with Crippen molar-refractivity contribution < 1.29 is 4.74 Å². The number of hydrogen-bond donors (Lipinski definition) is 2. The van der Waals surface area contributed by atoms with Crippen LogP contribution in [0.3, 0.4) is 0 Å². The molecule has 3 N–H and O–H groups in total. The summed E-state index contributed by atoms with van der Waals surface area (Å²) in [6.07, 6.45) is 5.22. The highest BCUT2D eigenvalue weighted by Gasteiger charge is 2.16. The van der Waals surface area contributed by atoms with Crippen LogP contribution in [0.15, 0.2) is 23.6 Å². The van der Waals surface area contributed by atoms with Gasteiger partial charge in [0.05, 0.1) is 25.1 Å². The third-order valence-electron chi connectivity index (χ3n) is 2.82. The molecule has 0 amide bonds. The smallest absolute Gasteiger partial charge is 0.102 e. The van der Waals surface area contributed by atoms with Gasteiger partial charge >= 0.3 is 0 Å². The summed E-state index contributed by atoms with van der Waals surface area (Å²) < 4.78 is 6.81. The van der Waals surface area contributed by atoms with Gasteiger partial charge in [-0.15, -0.1) is 0 Å². The van der Waals surface area contributed by atoms with E-state index < -0.39 is 0 Å². The Hall–Kier alpha value is -1.66. The largest absolute Gasteiger partial charge is 0.403 e. The lowest BCUT2D eigenvalue weighted by atomic mass is 10.2. The van der Waals surface area contributed by atoms with Crippen molar-refractivity contribution in [3.63, 3.8) is 0 Å². The number of aliphatic imine (C=N–C) groups is 1. The van der Waals surface area contributed by atoms with Crippen molar-refractivity contribution in [2.24, 2.45) is 10.7 Å². The highest BCUT2D eigenvalue weighted by Crippen LogP contribution is 2.10. The average molecular weight is 249 g/mol. The number of rotatable bonds is 4. The molecular weight excluding hydrogens is 230 g/mol. The first kappa shape index (κ1) is 12.8. The van der Waals surface area contributed by atoms with E-state index >= 15 is 0 Å². The molecule has 98 valence electrons. The number of nitrogens with zero attached hydrogens (tertiary/aromatic N) is 3. The summed E-state index contributed by atoms with van der Waals surface area (Å²) in [6.45, 7) is 4.12. The Bertz CT molecular complexity index is 463. The Morgan fingerprint density at radius 2 is 2.56 bits per heavy atom. The lowest BCUT2D eigenvalue weighted by Gasteiger charge is -2.20. The van der Waals surface area contributed by atoms with Gasteiger partial charge in [0.1, 0.15) is 5.70 Å². The minimum atomic E-state index is 0.412. The van der Waals surface area contributed by atoms with E-state index in [9.17, 15) is 0 Å². The van der Waals surface area contributed by atoms with E-state index in [1.807, 2.05) is 6.20 Å². The lowest BCUT2D eigenvalue weighted by molar-refractivity contribution is 0.185. The van der Waals surface area contributed by atoms with Crippen LogP contribution in [0.5, 0.6) is 0 Å². The molecule has 0 radical (unpaired) electrons. The second-order valence-electron chi connectivity index (χ2n) is 4.35. The number of nitrogens with two attached hydrogens (primary N) is 1. The quantitative estimate of drug-likeness (QED) is 0.800. The molecule has 1 aliphatic heterocycles. The molecular formula is C12H19N5O. The second kappa shape index (κ2) is 5.79. The molecule has 0 unspecified atom stereocenters. The Kier molecular flexibility index (Phi) is 4.11. The number of methoxy groups -OCH3 is 1. The maximum absolute atomic E-state index is 5.69. The van der Waals surface area contributed by atoms with Crippen molar-refractivity contribution in [2.45, 2.75) is 19.6 Å². The first-order valence-corrected chi connectivity index (χ1v) is 5.96. The van der Waals surface area contributed by atoms with Crippen LogP contribution in [0.4, 0.5) is 0 Å². The molecule has 6 heteroatoms. The number of aromatic nitrogens is 2. The van der Waals surface area contributed by atoms with E-state index in [1.165, 1.54) is 0 Å². The predicted octanol–water partition coefficient (Wildman–Crippen LogP) is 0.219. The number of nitrogens with one attached hydrogen (secondary N) is 1. The van der Waals surface area contributed by atoms with Gasteiger partial charge in [-0.1, -0.05) is 0 Å². The van der Waals surface area contributed by atoms with Gasteiger partial charge in [-0.2, -0.15) is 5.10 Å². The molecule has 1 aromatic heterocycles. The molecule has 1 aromatic rings. The van der Waals surface area contributed by atoms with Gasteiger partial charge < -0.3 is 15.8 Å². The van der Waals surface area contributed by atoms with Crippen molar-refractivity contribution >= 4 is 11.4 Å². The predicted molar refractivity (Wildman–Crippen MR) is 71.2 cm³/mol. The normalized spacial score (nSPS) is 20.9. The van der Waals surface area contributed by atoms with Crippen LogP contribution in [0.25, 0.3) is 5.70 Å². The van der Waals surface area contributed by atoms with Crippen LogP contribution >= 0.6 is 0 Å². The first-order valence-electron chi connectivity index (χ1n) is 5.96. The van der Waals surface area contributed by atoms with Crippen molar-refractivity contribution in [2.75, 3.05) is 20.2 Å². The third kappa shape index (κ3) is 2.77. The van der Waals surface area contributed by atoms with Crippen LogP contribution in [-0.4, -0.2) is 41.7 Å². The van der Waals surface area contributed by atoms with E-state index in [4.69, 9.17) is 10.5 Å². The van der Waals surface area contributed by atoms with E-state index in [-0.39, 0.29) is 0 Å². The van der Waals surface area contributed by atoms with Gasteiger partial charge in [-0.25, -0.2) is 4.68 Å². The fourth-order valence-electron chi connectivity index (χ4n) is 1.85. The first-order chi connectivity index (χ1) is 8.74. The lowest BCUT2D eigenvalue weighted by Crippen LogP contribution is -2.39. The van der Waals surface area contributed by atoms with Crippen molar-refractivity contribution in [1.82, 2.24) is 15.1 Å². The van der Waals surface area contributed by atoms with Crippen LogP contribution in [0, 0.1) is 0 Å². The highest BCUT2D eigenvalue weighted by atomic mass is 16.5. The standard InChI is InChI=1S/C12H19N5O/c1-9-4-15-11(6-14-9)12(3-13)17-7-10(5-16-17)8-18-2/h3,5,7,9,14H,4,6,8,13H2,1-2H3/t9-/m0/s1. The summed E-state index contributed by atoms with van der Waals surface area (Å²) in [7, 11) is 1.66. The van der Waals surface area contributed by atoms with E-state index in [2.05, 4.69) is 22.3 Å². The molecule has 0 fully saturated rings. The van der Waals surface area contributed by atoms with Gasteiger partial charge in [0.2, 0.25) is 0 Å². The summed E-state index contributed by atoms with van der Waals surface area (Å²) in [6, 6.07) is 0.412. The average Bonchev–Trinajstić information content (AvgIpc) is 2.82. The molecule has 0 aromatic carbocycles. The summed E-state index contributed by atoms with van der Waals surface area (Å²) in [5.74, 6) is 0. The maximum atomic E-state index is 5.69. The Morgan fingerprint density at radius 1 is 1.72 bits per heavy atom. The zero-order valence-electron chi connectivity index (χ0n) is 10.8. The molecule has 2 heterocycles. The van der Waals surface area contributed by atoms with Crippen molar-refractivity contribution in [3.05, 3.63) is 24.2 Å². The zero-order valence-corrected chi connectivity index (χ0v) is 10.8. The second-order valence-corrected chi connectivity index (χ2v) is 4.35. The minimum Gasteiger partial charge on any atom is -0.403 e. The molecule has 0 saturated carbocycles. The van der Waals surface area contributed by atoms with Gasteiger partial charge in [0.15, 0.2) is 0 Å². The molecule has 0 bridgehead atoms. The Balaban J connectivity index is 2.18. The van der Waals surface area contributed by atoms with E-state index in [1.54, 1.807) is 24.2 Å². The number of hydrogen-bond acceptors (Lipinski definition) is 5. The Morgan fingerprint density at radius 3 is 3.17 bits per heavy atom. The van der Waals surface area contributed by atoms with Crippen LogP contribution in [0.2, 0.25) is 0 Å². The van der Waals surface area contributed by atoms with Crippen molar-refractivity contribution in [1.29, 1.82) is 0 Å². The summed E-state index contributed by atoms with van der Waals surface area (Å²) in [5.41, 5.74) is 8.45. The molecule has 1 atom stereocenters. The summed E-state index contributed by atoms with van der Waals surface area (Å²) in [5, 5.41) is 7.64.